The molecule has 0 bridgehead atoms. The molecule has 1 saturated carbocycles. The molecule has 7 heteroatoms. The van der Waals surface area contributed by atoms with Gasteiger partial charge in [0.05, 0.1) is 0 Å². The molecule has 0 N–H and O–H groups in total. The minimum absolute atomic E-state index is 0.735. The summed E-state index contributed by atoms with van der Waals surface area (Å²) in [4.78, 5) is 0. The van der Waals surface area contributed by atoms with Gasteiger partial charge in [0, 0.05) is 0 Å². The number of allylic oxidation sites excluding steroid dienone is 1. The van der Waals surface area contributed by atoms with E-state index >= 15 is 0 Å². The topological polar surface area (TPSA) is 109 Å². The quantitative estimate of drug-likeness (QED) is 0.315. The number of unbranched alkanes of at least 4 members (excludes halogenated alkanes) is 1. The Labute approximate surface area is 133 Å². The molecule has 0 aromatic heterocycles. The van der Waals surface area contributed by atoms with Crippen LogP contribution >= 0.6 is 0 Å². The van der Waals surface area contributed by atoms with Crippen LogP contribution < -0.4 is 0 Å². The van der Waals surface area contributed by atoms with Crippen LogP contribution in [-0.2, 0) is 43.8 Å². The molecule has 21 heavy (non-hydrogen) atoms. The van der Waals surface area contributed by atoms with E-state index in [9.17, 15) is 0 Å². The summed E-state index contributed by atoms with van der Waals surface area (Å²) < 4.78 is 44.1. The summed E-state index contributed by atoms with van der Waals surface area (Å²) in [5.74, 6) is 0.735. The molecule has 0 aliphatic heterocycles. The van der Waals surface area contributed by atoms with Gasteiger partial charge < -0.3 is 0 Å². The zero-order valence-corrected chi connectivity index (χ0v) is 12.5. The van der Waals surface area contributed by atoms with Crippen LogP contribution in [0.25, 0.3) is 0 Å². The van der Waals surface area contributed by atoms with E-state index in [2.05, 4.69) is 55.7 Å². The summed E-state index contributed by atoms with van der Waals surface area (Å²) in [6.07, 6.45) is 6.69. The molecule has 0 radical (unpaired) electrons. The normalized spacial score (nSPS) is 9.05. The monoisotopic (exact) mass is 330 g/mol. The Bertz CT molecular complexity index is 288. The van der Waals surface area contributed by atoms with Gasteiger partial charge >= 0.3 is 133 Å². The number of hydrogen-bond donors (Lipinski definition) is 0. The second kappa shape index (κ2) is 42.8. The van der Waals surface area contributed by atoms with Gasteiger partial charge in [0.1, 0.15) is 0 Å². The van der Waals surface area contributed by atoms with Crippen LogP contribution in [-0.4, -0.2) is 11.2 Å². The number of ether oxygens (including phenoxy) is 1. The van der Waals surface area contributed by atoms with E-state index in [0.717, 1.165) is 29.9 Å². The molecule has 1 fully saturated rings. The predicted octanol–water partition coefficient (Wildman–Crippen LogP) is 1.87. The minimum atomic E-state index is 0.735. The van der Waals surface area contributed by atoms with Crippen LogP contribution in [0.3, 0.4) is 0 Å². The molecule has 1 aliphatic carbocycles. The molecule has 1 aliphatic rings. The van der Waals surface area contributed by atoms with Crippen LogP contribution in [0.15, 0.2) is 12.7 Å². The molecule has 6 nitrogen and oxygen atoms in total. The average Bonchev–Trinajstić information content (AvgIpc) is 3.46. The van der Waals surface area contributed by atoms with Crippen LogP contribution in [0, 0.1) is 39.2 Å². The summed E-state index contributed by atoms with van der Waals surface area (Å²) in [5.41, 5.74) is 0. The van der Waals surface area contributed by atoms with Crippen molar-refractivity contribution in [3.05, 3.63) is 45.9 Å². The third kappa shape index (κ3) is 38.1. The first kappa shape index (κ1) is 32.0. The molecule has 0 atom stereocenters. The molecule has 0 aromatic carbocycles. The van der Waals surface area contributed by atoms with E-state index < -0.39 is 0 Å². The Morgan fingerprint density at radius 3 is 1.67 bits per heavy atom. The zero-order chi connectivity index (χ0) is 18.1. The Hall–Kier alpha value is -1.20. The molecule has 0 saturated heterocycles. The summed E-state index contributed by atoms with van der Waals surface area (Å²) >= 11 is 2.98. The predicted molar refractivity (Wildman–Crippen MR) is 62.8 cm³/mol. The van der Waals surface area contributed by atoms with E-state index in [-0.39, 0.29) is 0 Å². The van der Waals surface area contributed by atoms with Crippen molar-refractivity contribution in [2.24, 2.45) is 5.92 Å². The van der Waals surface area contributed by atoms with Crippen molar-refractivity contribution >= 4 is 4.57 Å². The third-order valence-electron chi connectivity index (χ3n) is 1.71. The Morgan fingerprint density at radius 2 is 1.38 bits per heavy atom. The van der Waals surface area contributed by atoms with Gasteiger partial charge in [0.2, 0.25) is 0 Å². The van der Waals surface area contributed by atoms with Gasteiger partial charge in [-0.25, -0.2) is 0 Å². The van der Waals surface area contributed by atoms with Crippen molar-refractivity contribution in [3.8, 4) is 0 Å². The van der Waals surface area contributed by atoms with Crippen LogP contribution in [0.1, 0.15) is 25.7 Å². The Balaban J connectivity index is -0.0000000727. The van der Waals surface area contributed by atoms with Crippen molar-refractivity contribution in [2.45, 2.75) is 25.7 Å². The van der Waals surface area contributed by atoms with Gasteiger partial charge in [-0.2, -0.15) is 0 Å². The van der Waals surface area contributed by atoms with Gasteiger partial charge in [0.15, 0.2) is 0 Å². The fourth-order valence-corrected chi connectivity index (χ4v) is 1.34. The molecular weight excluding hydrogens is 316 g/mol. The van der Waals surface area contributed by atoms with Gasteiger partial charge in [-0.1, -0.05) is 0 Å². The molecule has 0 heterocycles. The number of hydrogen-bond acceptors (Lipinski definition) is 1. The molecule has 0 amide bonds. The van der Waals surface area contributed by atoms with Gasteiger partial charge in [-0.15, -0.1) is 0 Å². The van der Waals surface area contributed by atoms with Crippen molar-refractivity contribution in [2.75, 3.05) is 6.61 Å². The summed E-state index contributed by atoms with van der Waals surface area (Å²) in [7, 11) is 0. The fraction of sp³-hybridized carbons (Fsp3) is 0.429. The first-order valence-corrected chi connectivity index (χ1v) is 5.78. The van der Waals surface area contributed by atoms with Gasteiger partial charge in [0.25, 0.3) is 0 Å². The third-order valence-corrected chi connectivity index (χ3v) is 2.41. The Kier molecular flexibility index (Phi) is 65.1. The molecule has 0 unspecified atom stereocenters. The van der Waals surface area contributed by atoms with E-state index in [1.165, 1.54) is 12.8 Å². The maximum absolute atomic E-state index is 7.50. The molecule has 112 valence electrons. The van der Waals surface area contributed by atoms with Crippen LogP contribution in [0.5, 0.6) is 0 Å². The zero-order valence-electron chi connectivity index (χ0n) is 11.3. The number of rotatable bonds is 6. The van der Waals surface area contributed by atoms with E-state index in [1.807, 2.05) is 6.08 Å². The van der Waals surface area contributed by atoms with E-state index in [1.54, 1.807) is 0 Å². The van der Waals surface area contributed by atoms with Crippen LogP contribution in [0.4, 0.5) is 0 Å². The van der Waals surface area contributed by atoms with Crippen molar-refractivity contribution < 1.29 is 43.8 Å². The van der Waals surface area contributed by atoms with Gasteiger partial charge in [-0.05, 0) is 0 Å². The summed E-state index contributed by atoms with van der Waals surface area (Å²) in [5, 5.41) is 0. The second-order valence-electron chi connectivity index (χ2n) is 2.87. The average molecular weight is 330 g/mol. The van der Waals surface area contributed by atoms with E-state index in [0.29, 0.717) is 0 Å². The molecule has 1 rings (SSSR count). The summed E-state index contributed by atoms with van der Waals surface area (Å²) in [6, 6.07) is 0. The fourth-order valence-electron chi connectivity index (χ4n) is 0.837. The van der Waals surface area contributed by atoms with Crippen molar-refractivity contribution in [3.63, 3.8) is 0 Å². The standard InChI is InChI=1S/C9H14O.5CO.Cr/c1-2-3-4-7-10-8-9-5-6-9;5*1-2;/h2,9H,1,3-7H2;;;;;;. The first-order valence-electron chi connectivity index (χ1n) is 5.14. The first-order chi connectivity index (χ1) is 10.3. The SMILES string of the molecule is C=CCCCO[C](=[Cr])C1CC1.[C-]#[O+].[C-]#[O+].[C-]#[O+].[C-]#[O+].[C-]#[O+]. The van der Waals surface area contributed by atoms with Crippen LogP contribution in [0.2, 0.25) is 0 Å². The van der Waals surface area contributed by atoms with E-state index in [4.69, 9.17) is 28.0 Å². The molecular formula is C14H14CrO6. The summed E-state index contributed by atoms with van der Waals surface area (Å²) in [6.45, 7) is 27.0. The molecule has 0 aromatic rings. The maximum atomic E-state index is 7.50. The molecule has 0 spiro atoms. The van der Waals surface area contributed by atoms with Crippen molar-refractivity contribution in [1.29, 1.82) is 0 Å². The second-order valence-corrected chi connectivity index (χ2v) is 3.50. The van der Waals surface area contributed by atoms with Gasteiger partial charge in [-0.3, -0.25) is 0 Å². The van der Waals surface area contributed by atoms with Crippen molar-refractivity contribution in [1.82, 2.24) is 0 Å². The Morgan fingerprint density at radius 1 is 1.00 bits per heavy atom.